The molecule has 0 bridgehead atoms. The van der Waals surface area contributed by atoms with Gasteiger partial charge in [-0.05, 0) is 20.9 Å². The van der Waals surface area contributed by atoms with Crippen molar-refractivity contribution >= 4 is 5.91 Å². The zero-order valence-electron chi connectivity index (χ0n) is 13.0. The summed E-state index contributed by atoms with van der Waals surface area (Å²) in [5.74, 6) is 0.0775. The van der Waals surface area contributed by atoms with Crippen LogP contribution in [-0.2, 0) is 9.53 Å². The van der Waals surface area contributed by atoms with E-state index in [0.29, 0.717) is 52.2 Å². The van der Waals surface area contributed by atoms with Crippen molar-refractivity contribution < 1.29 is 14.6 Å². The molecule has 5 heteroatoms. The molecule has 0 unspecified atom stereocenters. The molecule has 0 radical (unpaired) electrons. The fourth-order valence-corrected chi connectivity index (χ4v) is 2.50. The molecule has 0 aromatic carbocycles. The van der Waals surface area contributed by atoms with Gasteiger partial charge in [0.15, 0.2) is 0 Å². The third kappa shape index (κ3) is 5.61. The third-order valence-corrected chi connectivity index (χ3v) is 3.59. The quantitative estimate of drug-likeness (QED) is 0.705. The largest absolute Gasteiger partial charge is 0.388 e. The fourth-order valence-electron chi connectivity index (χ4n) is 2.50. The lowest BCUT2D eigenvalue weighted by atomic mass is 9.94. The van der Waals surface area contributed by atoms with Crippen molar-refractivity contribution in [3.8, 4) is 0 Å². The van der Waals surface area contributed by atoms with Crippen LogP contribution in [0.15, 0.2) is 12.2 Å². The summed E-state index contributed by atoms with van der Waals surface area (Å²) in [5, 5.41) is 10.4. The summed E-state index contributed by atoms with van der Waals surface area (Å²) < 4.78 is 5.26. The van der Waals surface area contributed by atoms with Crippen LogP contribution in [0.2, 0.25) is 0 Å². The number of amides is 1. The molecule has 20 heavy (non-hydrogen) atoms. The Kier molecular flexibility index (Phi) is 6.65. The molecule has 116 valence electrons. The highest BCUT2D eigenvalue weighted by Gasteiger charge is 2.31. The molecule has 0 spiro atoms. The van der Waals surface area contributed by atoms with Gasteiger partial charge in [0.25, 0.3) is 0 Å². The van der Waals surface area contributed by atoms with Crippen LogP contribution in [-0.4, -0.2) is 72.9 Å². The maximum Gasteiger partial charge on any atom is 0.237 e. The Hall–Kier alpha value is -0.910. The van der Waals surface area contributed by atoms with E-state index in [4.69, 9.17) is 4.74 Å². The van der Waals surface area contributed by atoms with E-state index in [1.165, 1.54) is 0 Å². The maximum atomic E-state index is 12.2. The standard InChI is InChI=1S/C15H28N2O3/c1-5-17(10-13(2)3)14(18)11-16(4)12-15(19)6-8-20-9-7-15/h19H,2,5-12H2,1,3-4H3. The van der Waals surface area contributed by atoms with Crippen LogP contribution in [0, 0.1) is 0 Å². The molecule has 1 aliphatic heterocycles. The maximum absolute atomic E-state index is 12.2. The Morgan fingerprint density at radius 3 is 2.45 bits per heavy atom. The van der Waals surface area contributed by atoms with Gasteiger partial charge in [-0.1, -0.05) is 12.2 Å². The predicted octanol–water partition coefficient (Wildman–Crippen LogP) is 0.884. The van der Waals surface area contributed by atoms with Gasteiger partial charge >= 0.3 is 0 Å². The number of nitrogens with zero attached hydrogens (tertiary/aromatic N) is 2. The van der Waals surface area contributed by atoms with Crippen molar-refractivity contribution in [1.29, 1.82) is 0 Å². The lowest BCUT2D eigenvalue weighted by Crippen LogP contribution is -2.48. The van der Waals surface area contributed by atoms with E-state index in [9.17, 15) is 9.90 Å². The van der Waals surface area contributed by atoms with Crippen LogP contribution in [0.25, 0.3) is 0 Å². The molecular formula is C15H28N2O3. The first-order valence-corrected chi connectivity index (χ1v) is 7.27. The average molecular weight is 284 g/mol. The summed E-state index contributed by atoms with van der Waals surface area (Å²) in [6.45, 7) is 11.0. The average Bonchev–Trinajstić information content (AvgIpc) is 2.35. The van der Waals surface area contributed by atoms with Crippen molar-refractivity contribution in [2.24, 2.45) is 0 Å². The predicted molar refractivity (Wildman–Crippen MR) is 79.6 cm³/mol. The molecule has 1 rings (SSSR count). The first-order valence-electron chi connectivity index (χ1n) is 7.27. The van der Waals surface area contributed by atoms with Gasteiger partial charge in [0, 0.05) is 45.7 Å². The van der Waals surface area contributed by atoms with E-state index >= 15 is 0 Å². The Morgan fingerprint density at radius 1 is 1.35 bits per heavy atom. The molecule has 1 fully saturated rings. The number of carbonyl (C=O) groups excluding carboxylic acids is 1. The second-order valence-corrected chi connectivity index (χ2v) is 5.87. The van der Waals surface area contributed by atoms with Crippen molar-refractivity contribution in [3.05, 3.63) is 12.2 Å². The number of hydrogen-bond donors (Lipinski definition) is 1. The van der Waals surface area contributed by atoms with Gasteiger partial charge in [0.1, 0.15) is 0 Å². The molecule has 5 nitrogen and oxygen atoms in total. The van der Waals surface area contributed by atoms with Crippen LogP contribution >= 0.6 is 0 Å². The monoisotopic (exact) mass is 284 g/mol. The van der Waals surface area contributed by atoms with Gasteiger partial charge in [-0.15, -0.1) is 0 Å². The number of aliphatic hydroxyl groups is 1. The summed E-state index contributed by atoms with van der Waals surface area (Å²) in [6, 6.07) is 0. The number of rotatable bonds is 7. The third-order valence-electron chi connectivity index (χ3n) is 3.59. The van der Waals surface area contributed by atoms with Crippen LogP contribution in [0.3, 0.4) is 0 Å². The van der Waals surface area contributed by atoms with Crippen molar-refractivity contribution in [1.82, 2.24) is 9.80 Å². The molecular weight excluding hydrogens is 256 g/mol. The van der Waals surface area contributed by atoms with Gasteiger partial charge in [-0.2, -0.15) is 0 Å². The SMILES string of the molecule is C=C(C)CN(CC)C(=O)CN(C)CC1(O)CCOCC1. The van der Waals surface area contributed by atoms with Gasteiger partial charge in [-0.3, -0.25) is 9.69 Å². The van der Waals surface area contributed by atoms with E-state index < -0.39 is 5.60 Å². The van der Waals surface area contributed by atoms with E-state index in [1.54, 1.807) is 4.90 Å². The molecule has 0 saturated carbocycles. The molecule has 1 heterocycles. The minimum Gasteiger partial charge on any atom is -0.388 e. The summed E-state index contributed by atoms with van der Waals surface area (Å²) in [4.78, 5) is 15.9. The normalized spacial score (nSPS) is 18.1. The summed E-state index contributed by atoms with van der Waals surface area (Å²) in [5.41, 5.74) is 0.254. The highest BCUT2D eigenvalue weighted by atomic mass is 16.5. The molecule has 0 aliphatic carbocycles. The number of likely N-dealkylation sites (N-methyl/N-ethyl adjacent to an activating group) is 2. The number of hydrogen-bond acceptors (Lipinski definition) is 4. The zero-order valence-corrected chi connectivity index (χ0v) is 13.0. The van der Waals surface area contributed by atoms with Crippen molar-refractivity contribution in [2.45, 2.75) is 32.3 Å². The molecule has 0 atom stereocenters. The van der Waals surface area contributed by atoms with E-state index in [0.717, 1.165) is 5.57 Å². The molecule has 0 aromatic rings. The van der Waals surface area contributed by atoms with Crippen LogP contribution in [0.1, 0.15) is 26.7 Å². The molecule has 1 amide bonds. The van der Waals surface area contributed by atoms with Crippen molar-refractivity contribution in [3.63, 3.8) is 0 Å². The minimum atomic E-state index is -0.724. The van der Waals surface area contributed by atoms with Gasteiger partial charge in [0.2, 0.25) is 5.91 Å². The summed E-state index contributed by atoms with van der Waals surface area (Å²) >= 11 is 0. The van der Waals surface area contributed by atoms with Crippen LogP contribution in [0.5, 0.6) is 0 Å². The minimum absolute atomic E-state index is 0.0775. The van der Waals surface area contributed by atoms with Gasteiger partial charge < -0.3 is 14.7 Å². The molecule has 0 aromatic heterocycles. The smallest absolute Gasteiger partial charge is 0.237 e. The first-order chi connectivity index (χ1) is 9.36. The summed E-state index contributed by atoms with van der Waals surface area (Å²) in [6.07, 6.45) is 1.27. The highest BCUT2D eigenvalue weighted by molar-refractivity contribution is 5.78. The lowest BCUT2D eigenvalue weighted by Gasteiger charge is -2.35. The second kappa shape index (κ2) is 7.76. The van der Waals surface area contributed by atoms with E-state index in [1.807, 2.05) is 25.8 Å². The Morgan fingerprint density at radius 2 is 1.95 bits per heavy atom. The van der Waals surface area contributed by atoms with Crippen LogP contribution in [0.4, 0.5) is 0 Å². The van der Waals surface area contributed by atoms with Crippen molar-refractivity contribution in [2.75, 3.05) is 46.4 Å². The van der Waals surface area contributed by atoms with Gasteiger partial charge in [0.05, 0.1) is 12.1 Å². The van der Waals surface area contributed by atoms with E-state index in [2.05, 4.69) is 6.58 Å². The van der Waals surface area contributed by atoms with E-state index in [-0.39, 0.29) is 5.91 Å². The molecule has 1 N–H and O–H groups in total. The first kappa shape index (κ1) is 17.1. The number of ether oxygens (including phenoxy) is 1. The molecule has 1 saturated heterocycles. The lowest BCUT2D eigenvalue weighted by molar-refractivity contribution is -0.133. The zero-order chi connectivity index (χ0) is 15.2. The number of carbonyl (C=O) groups is 1. The Balaban J connectivity index is 2.45. The fraction of sp³-hybridized carbons (Fsp3) is 0.800. The Bertz CT molecular complexity index is 338. The Labute approximate surface area is 122 Å². The second-order valence-electron chi connectivity index (χ2n) is 5.87. The van der Waals surface area contributed by atoms with Crippen LogP contribution < -0.4 is 0 Å². The highest BCUT2D eigenvalue weighted by Crippen LogP contribution is 2.21. The molecule has 1 aliphatic rings. The topological polar surface area (TPSA) is 53.0 Å². The summed E-state index contributed by atoms with van der Waals surface area (Å²) in [7, 11) is 1.87. The van der Waals surface area contributed by atoms with Gasteiger partial charge in [-0.25, -0.2) is 0 Å².